The van der Waals surface area contributed by atoms with E-state index in [1.165, 1.54) is 4.31 Å². The van der Waals surface area contributed by atoms with Crippen LogP contribution in [0.25, 0.3) is 0 Å². The van der Waals surface area contributed by atoms with E-state index >= 15 is 0 Å². The molecular weight excluding hydrogens is 236 g/mol. The van der Waals surface area contributed by atoms with Gasteiger partial charge in [-0.1, -0.05) is 19.1 Å². The Balaban J connectivity index is 4.74. The quantitative estimate of drug-likeness (QED) is 0.636. The van der Waals surface area contributed by atoms with Gasteiger partial charge in [0.2, 0.25) is 10.0 Å². The molecule has 0 atom stereocenters. The van der Waals surface area contributed by atoms with E-state index in [0.717, 1.165) is 0 Å². The topological polar surface area (TPSA) is 83.6 Å². The fourth-order valence-electron chi connectivity index (χ4n) is 1.11. The first-order chi connectivity index (χ1) is 6.58. The molecule has 5 nitrogen and oxygen atoms in total. The van der Waals surface area contributed by atoms with Crippen LogP contribution in [0.1, 0.15) is 20.8 Å². The Morgan fingerprint density at radius 1 is 1.53 bits per heavy atom. The Bertz CT molecular complexity index is 319. The van der Waals surface area contributed by atoms with Crippen LogP contribution < -0.4 is 5.73 Å². The highest BCUT2D eigenvalue weighted by atomic mass is 32.2. The van der Waals surface area contributed by atoms with Crippen molar-refractivity contribution in [2.24, 2.45) is 5.73 Å². The highest BCUT2D eigenvalue weighted by Gasteiger charge is 2.27. The van der Waals surface area contributed by atoms with Crippen molar-refractivity contribution in [2.75, 3.05) is 18.8 Å². The molecule has 7 heteroatoms. The van der Waals surface area contributed by atoms with Gasteiger partial charge >= 0.3 is 0 Å². The molecule has 0 fully saturated rings. The number of nitrogens with two attached hydrogens (primary N) is 1. The van der Waals surface area contributed by atoms with Gasteiger partial charge in [0.1, 0.15) is 5.75 Å². The highest BCUT2D eigenvalue weighted by molar-refractivity contribution is 7.92. The lowest BCUT2D eigenvalue weighted by atomic mass is 10.1. The predicted octanol–water partition coefficient (Wildman–Crippen LogP) is -0.305. The number of hydrogen-bond acceptors (Lipinski definition) is 4. The first kappa shape index (κ1) is 14.8. The van der Waals surface area contributed by atoms with E-state index in [-0.39, 0.29) is 23.8 Å². The van der Waals surface area contributed by atoms with Gasteiger partial charge < -0.3 is 10.8 Å². The zero-order valence-corrected chi connectivity index (χ0v) is 10.9. The first-order valence-corrected chi connectivity index (χ1v) is 6.59. The zero-order valence-electron chi connectivity index (χ0n) is 9.23. The Kier molecular flexibility index (Phi) is 5.12. The summed E-state index contributed by atoms with van der Waals surface area (Å²) in [6.07, 6.45) is 0. The lowest BCUT2D eigenvalue weighted by Gasteiger charge is -2.27. The number of thiocarbonyl (C=S) groups is 1. The monoisotopic (exact) mass is 254 g/mol. The second-order valence-corrected chi connectivity index (χ2v) is 6.45. The maximum Gasteiger partial charge on any atom is 0.220 e. The van der Waals surface area contributed by atoms with E-state index in [1.807, 2.05) is 0 Å². The van der Waals surface area contributed by atoms with E-state index < -0.39 is 15.6 Å². The van der Waals surface area contributed by atoms with Crippen LogP contribution >= 0.6 is 12.2 Å². The van der Waals surface area contributed by atoms with Gasteiger partial charge in [-0.25, -0.2) is 8.42 Å². The van der Waals surface area contributed by atoms with Crippen molar-refractivity contribution in [2.45, 2.75) is 26.4 Å². The number of rotatable bonds is 6. The van der Waals surface area contributed by atoms with Gasteiger partial charge in [-0.2, -0.15) is 4.31 Å². The highest BCUT2D eigenvalue weighted by Crippen LogP contribution is 2.09. The van der Waals surface area contributed by atoms with Crippen LogP contribution in [0, 0.1) is 0 Å². The van der Waals surface area contributed by atoms with Crippen LogP contribution in [-0.4, -0.2) is 47.3 Å². The molecule has 3 N–H and O–H groups in total. The molecule has 0 unspecified atom stereocenters. The van der Waals surface area contributed by atoms with Gasteiger partial charge in [0.25, 0.3) is 0 Å². The summed E-state index contributed by atoms with van der Waals surface area (Å²) in [6, 6.07) is 0. The van der Waals surface area contributed by atoms with Crippen LogP contribution in [0.3, 0.4) is 0 Å². The maximum atomic E-state index is 11.7. The van der Waals surface area contributed by atoms with Gasteiger partial charge in [0, 0.05) is 13.1 Å². The van der Waals surface area contributed by atoms with E-state index in [1.54, 1.807) is 20.8 Å². The van der Waals surface area contributed by atoms with Gasteiger partial charge in [-0.15, -0.1) is 0 Å². The number of sulfonamides is 1. The Morgan fingerprint density at radius 3 is 2.27 bits per heavy atom. The van der Waals surface area contributed by atoms with Gasteiger partial charge in [0.15, 0.2) is 0 Å². The lowest BCUT2D eigenvalue weighted by Crippen LogP contribution is -2.44. The molecule has 0 spiro atoms. The Morgan fingerprint density at radius 2 is 2.00 bits per heavy atom. The molecule has 0 saturated heterocycles. The second kappa shape index (κ2) is 5.20. The summed E-state index contributed by atoms with van der Waals surface area (Å²) in [5.41, 5.74) is 4.13. The lowest BCUT2D eigenvalue weighted by molar-refractivity contribution is 0.0602. The third-order valence-electron chi connectivity index (χ3n) is 1.63. The van der Waals surface area contributed by atoms with Crippen molar-refractivity contribution >= 4 is 27.2 Å². The minimum atomic E-state index is -3.50. The van der Waals surface area contributed by atoms with Crippen LogP contribution in [0.15, 0.2) is 0 Å². The molecule has 15 heavy (non-hydrogen) atoms. The summed E-state index contributed by atoms with van der Waals surface area (Å²) in [5.74, 6) is -0.355. The van der Waals surface area contributed by atoms with Crippen molar-refractivity contribution in [1.82, 2.24) is 4.31 Å². The zero-order chi connectivity index (χ0) is 12.3. The van der Waals surface area contributed by atoms with E-state index in [0.29, 0.717) is 0 Å². The number of likely N-dealkylation sites (N-methyl/N-ethyl adjacent to an activating group) is 1. The average molecular weight is 254 g/mol. The third-order valence-corrected chi connectivity index (χ3v) is 3.81. The number of aliphatic hydroxyl groups is 1. The molecule has 0 aromatic heterocycles. The van der Waals surface area contributed by atoms with Crippen molar-refractivity contribution in [1.29, 1.82) is 0 Å². The molecule has 0 aliphatic rings. The molecule has 0 aromatic carbocycles. The molecule has 0 radical (unpaired) electrons. The van der Waals surface area contributed by atoms with Gasteiger partial charge in [0.05, 0.1) is 10.6 Å². The van der Waals surface area contributed by atoms with Crippen LogP contribution in [0.5, 0.6) is 0 Å². The van der Waals surface area contributed by atoms with E-state index in [4.69, 9.17) is 5.73 Å². The molecule has 0 heterocycles. The molecular formula is C8H18N2O3S2. The Hall–Kier alpha value is -0.240. The van der Waals surface area contributed by atoms with Crippen LogP contribution in [0.2, 0.25) is 0 Å². The molecule has 0 aromatic rings. The largest absolute Gasteiger partial charge is 0.392 e. The summed E-state index contributed by atoms with van der Waals surface area (Å²) < 4.78 is 24.6. The van der Waals surface area contributed by atoms with E-state index in [2.05, 4.69) is 12.2 Å². The fraction of sp³-hybridized carbons (Fsp3) is 0.875. The summed E-state index contributed by atoms with van der Waals surface area (Å²) in [7, 11) is -3.50. The SMILES string of the molecule is CCN(CC(C)(C)O)S(=O)(=O)CC(N)=S. The molecule has 0 amide bonds. The molecule has 0 bridgehead atoms. The predicted molar refractivity (Wildman–Crippen MR) is 64.1 cm³/mol. The van der Waals surface area contributed by atoms with Gasteiger partial charge in [-0.3, -0.25) is 0 Å². The first-order valence-electron chi connectivity index (χ1n) is 4.57. The van der Waals surface area contributed by atoms with Crippen molar-refractivity contribution < 1.29 is 13.5 Å². The van der Waals surface area contributed by atoms with E-state index in [9.17, 15) is 13.5 Å². The molecule has 90 valence electrons. The van der Waals surface area contributed by atoms with Crippen molar-refractivity contribution in [3.05, 3.63) is 0 Å². The summed E-state index contributed by atoms with van der Waals surface area (Å²) in [4.78, 5) is -0.0656. The standard InChI is InChI=1S/C8H18N2O3S2/c1-4-10(6-8(2,3)11)15(12,13)5-7(9)14/h11H,4-6H2,1-3H3,(H2,9,14). The molecule has 0 saturated carbocycles. The number of hydrogen-bond donors (Lipinski definition) is 2. The second-order valence-electron chi connectivity index (χ2n) is 3.96. The van der Waals surface area contributed by atoms with Gasteiger partial charge in [-0.05, 0) is 13.8 Å². The molecule has 0 aliphatic carbocycles. The van der Waals surface area contributed by atoms with Crippen LogP contribution in [0.4, 0.5) is 0 Å². The molecule has 0 rings (SSSR count). The van der Waals surface area contributed by atoms with Crippen molar-refractivity contribution in [3.8, 4) is 0 Å². The van der Waals surface area contributed by atoms with Crippen molar-refractivity contribution in [3.63, 3.8) is 0 Å². The third kappa shape index (κ3) is 6.03. The summed E-state index contributed by atoms with van der Waals surface area (Å²) in [5, 5.41) is 9.55. The van der Waals surface area contributed by atoms with Crippen LogP contribution in [-0.2, 0) is 10.0 Å². The minimum absolute atomic E-state index is 0.0362. The number of nitrogens with zero attached hydrogens (tertiary/aromatic N) is 1. The summed E-state index contributed by atoms with van der Waals surface area (Å²) >= 11 is 4.56. The maximum absolute atomic E-state index is 11.7. The molecule has 0 aliphatic heterocycles. The fourth-order valence-corrected chi connectivity index (χ4v) is 3.00. The summed E-state index contributed by atoms with van der Waals surface area (Å²) in [6.45, 7) is 5.12. The smallest absolute Gasteiger partial charge is 0.220 e. The minimum Gasteiger partial charge on any atom is -0.392 e. The Labute approximate surface area is 96.3 Å². The normalized spacial score (nSPS) is 13.1. The average Bonchev–Trinajstić information content (AvgIpc) is 1.95.